The third-order valence-corrected chi connectivity index (χ3v) is 1.65. The second-order valence-corrected chi connectivity index (χ2v) is 3.27. The summed E-state index contributed by atoms with van der Waals surface area (Å²) < 4.78 is 5.50. The van der Waals surface area contributed by atoms with E-state index in [4.69, 9.17) is 4.74 Å². The molecule has 74 valence electrons. The van der Waals surface area contributed by atoms with Gasteiger partial charge in [0.2, 0.25) is 0 Å². The summed E-state index contributed by atoms with van der Waals surface area (Å²) in [5.41, 5.74) is 0. The number of benzene rings is 1. The quantitative estimate of drug-likeness (QED) is 0.530. The first-order chi connectivity index (χ1) is 5.79. The number of hydrogen-bond donors (Lipinski definition) is 0. The summed E-state index contributed by atoms with van der Waals surface area (Å²) in [6, 6.07) is 10.5. The second-order valence-electron chi connectivity index (χ2n) is 3.27. The first-order valence-corrected chi connectivity index (χ1v) is 4.38. The topological polar surface area (TPSA) is 9.23 Å². The van der Waals surface area contributed by atoms with Crippen molar-refractivity contribution in [2.75, 3.05) is 6.61 Å². The fraction of sp³-hybridized carbons (Fsp3) is 0.455. The molecule has 1 aromatic carbocycles. The van der Waals surface area contributed by atoms with E-state index in [-0.39, 0.29) is 40.0 Å². The van der Waals surface area contributed by atoms with Crippen LogP contribution in [0, 0.1) is 12.0 Å². The Balaban J connectivity index is 0. The molecule has 1 nitrogen and oxygen atoms in total. The van der Waals surface area contributed by atoms with Gasteiger partial charge in [-0.05, 0) is 12.3 Å². The number of hydrogen-bond acceptors (Lipinski definition) is 1. The number of rotatable bonds is 4. The van der Waals surface area contributed by atoms with Crippen molar-refractivity contribution >= 4 is 23.1 Å². The number of halogens is 1. The van der Waals surface area contributed by atoms with E-state index in [0.29, 0.717) is 5.92 Å². The van der Waals surface area contributed by atoms with Gasteiger partial charge in [0, 0.05) is 5.75 Å². The molecule has 1 aromatic rings. The van der Waals surface area contributed by atoms with Crippen LogP contribution in [0.2, 0.25) is 0 Å². The van der Waals surface area contributed by atoms with E-state index in [1.165, 1.54) is 0 Å². The van der Waals surface area contributed by atoms with Crippen molar-refractivity contribution in [1.82, 2.24) is 0 Å². The molecule has 0 aromatic heterocycles. The van der Waals surface area contributed by atoms with Crippen LogP contribution in [0.3, 0.4) is 0 Å². The minimum atomic E-state index is 0. The summed E-state index contributed by atoms with van der Waals surface area (Å²) in [5, 5.41) is 0. The molecule has 3 heteroatoms. The van der Waals surface area contributed by atoms with Gasteiger partial charge >= 0.3 is 23.1 Å². The molecule has 0 saturated carbocycles. The molecule has 0 aliphatic heterocycles. The van der Waals surface area contributed by atoms with Crippen LogP contribution in [-0.4, -0.2) is 29.7 Å². The molecule has 0 unspecified atom stereocenters. The largest absolute Gasteiger partial charge is 2.00 e. The molecule has 0 N–H and O–H groups in total. The number of ether oxygens (including phenoxy) is 1. The second kappa shape index (κ2) is 9.81. The van der Waals surface area contributed by atoms with E-state index >= 15 is 0 Å². The molecule has 0 aliphatic rings. The van der Waals surface area contributed by atoms with E-state index < -0.39 is 0 Å². The van der Waals surface area contributed by atoms with Gasteiger partial charge in [-0.1, -0.05) is 13.8 Å². The first kappa shape index (κ1) is 16.7. The van der Waals surface area contributed by atoms with Crippen LogP contribution in [0.5, 0.6) is 5.75 Å². The minimum Gasteiger partial charge on any atom is -1.00 e. The standard InChI is InChI=1S/C11H15O.BrH.Mg/c1-10(2)8-9-12-11-6-4-3-5-7-11;;/h4-7,10H,8-9H2,1-2H3;1H;/q-1;;+2/p-1. The van der Waals surface area contributed by atoms with Crippen molar-refractivity contribution in [2.45, 2.75) is 20.3 Å². The Morgan fingerprint density at radius 3 is 2.36 bits per heavy atom. The monoisotopic (exact) mass is 266 g/mol. The molecule has 0 aliphatic carbocycles. The smallest absolute Gasteiger partial charge is 1.00 e. The third-order valence-electron chi connectivity index (χ3n) is 1.65. The van der Waals surface area contributed by atoms with Crippen LogP contribution in [0.4, 0.5) is 0 Å². The van der Waals surface area contributed by atoms with Crippen molar-refractivity contribution in [2.24, 2.45) is 5.92 Å². The van der Waals surface area contributed by atoms with Crippen molar-refractivity contribution in [3.63, 3.8) is 0 Å². The van der Waals surface area contributed by atoms with Gasteiger partial charge in [0.15, 0.2) is 0 Å². The maximum absolute atomic E-state index is 5.50. The molecule has 0 amide bonds. The Morgan fingerprint density at radius 1 is 1.29 bits per heavy atom. The molecule has 0 fully saturated rings. The van der Waals surface area contributed by atoms with Crippen LogP contribution in [0.25, 0.3) is 0 Å². The Hall–Kier alpha value is 0.266. The predicted molar refractivity (Wildman–Crippen MR) is 56.0 cm³/mol. The first-order valence-electron chi connectivity index (χ1n) is 4.38. The summed E-state index contributed by atoms with van der Waals surface area (Å²) in [6.07, 6.45) is 1.11. The average Bonchev–Trinajstić information content (AvgIpc) is 2.05. The molecule has 0 saturated heterocycles. The van der Waals surface area contributed by atoms with Crippen molar-refractivity contribution < 1.29 is 21.7 Å². The van der Waals surface area contributed by atoms with Crippen LogP contribution in [0.15, 0.2) is 24.3 Å². The molecule has 0 bridgehead atoms. The summed E-state index contributed by atoms with van der Waals surface area (Å²) in [6.45, 7) is 5.20. The van der Waals surface area contributed by atoms with Crippen LogP contribution in [-0.2, 0) is 0 Å². The van der Waals surface area contributed by atoms with Crippen molar-refractivity contribution in [3.8, 4) is 5.75 Å². The molecular formula is C11H15BrMgO. The molecule has 0 heterocycles. The van der Waals surface area contributed by atoms with Gasteiger partial charge in [-0.25, -0.2) is 0 Å². The van der Waals surface area contributed by atoms with Gasteiger partial charge in [0.1, 0.15) is 0 Å². The Bertz CT molecular complexity index is 214. The Kier molecular flexibility index (Phi) is 11.7. The van der Waals surface area contributed by atoms with E-state index in [0.717, 1.165) is 18.8 Å². The molecular weight excluding hydrogens is 252 g/mol. The maximum Gasteiger partial charge on any atom is 2.00 e. The zero-order valence-corrected chi connectivity index (χ0v) is 11.8. The Morgan fingerprint density at radius 2 is 1.86 bits per heavy atom. The molecule has 0 radical (unpaired) electrons. The minimum absolute atomic E-state index is 0. The molecule has 0 atom stereocenters. The van der Waals surface area contributed by atoms with Crippen molar-refractivity contribution in [3.05, 3.63) is 30.3 Å². The fourth-order valence-corrected chi connectivity index (χ4v) is 0.880. The molecule has 14 heavy (non-hydrogen) atoms. The van der Waals surface area contributed by atoms with Gasteiger partial charge in [0.25, 0.3) is 0 Å². The van der Waals surface area contributed by atoms with Crippen LogP contribution in [0.1, 0.15) is 20.3 Å². The van der Waals surface area contributed by atoms with Gasteiger partial charge in [-0.3, -0.25) is 0 Å². The SMILES string of the molecule is CC(C)CCOc1cc[c-]cc1.[Br-].[Mg+2]. The molecule has 1 rings (SSSR count). The van der Waals surface area contributed by atoms with Crippen LogP contribution < -0.4 is 21.7 Å². The summed E-state index contributed by atoms with van der Waals surface area (Å²) in [4.78, 5) is 0. The average molecular weight is 267 g/mol. The normalized spacial score (nSPS) is 8.79. The van der Waals surface area contributed by atoms with E-state index in [1.54, 1.807) is 0 Å². The van der Waals surface area contributed by atoms with E-state index in [1.807, 2.05) is 24.3 Å². The van der Waals surface area contributed by atoms with Gasteiger partial charge in [0.05, 0.1) is 6.61 Å². The van der Waals surface area contributed by atoms with Crippen LogP contribution >= 0.6 is 0 Å². The zero-order chi connectivity index (χ0) is 8.81. The van der Waals surface area contributed by atoms with E-state index in [9.17, 15) is 0 Å². The summed E-state index contributed by atoms with van der Waals surface area (Å²) >= 11 is 0. The Labute approximate surface area is 113 Å². The fourth-order valence-electron chi connectivity index (χ4n) is 0.880. The summed E-state index contributed by atoms with van der Waals surface area (Å²) in [5.74, 6) is 1.65. The molecule has 0 spiro atoms. The summed E-state index contributed by atoms with van der Waals surface area (Å²) in [7, 11) is 0. The van der Waals surface area contributed by atoms with Gasteiger partial charge in [-0.15, -0.1) is 12.1 Å². The van der Waals surface area contributed by atoms with Gasteiger partial charge in [-0.2, -0.15) is 18.2 Å². The van der Waals surface area contributed by atoms with E-state index in [2.05, 4.69) is 19.9 Å². The predicted octanol–water partition coefficient (Wildman–Crippen LogP) is -0.465. The zero-order valence-electron chi connectivity index (χ0n) is 8.79. The van der Waals surface area contributed by atoms with Crippen molar-refractivity contribution in [1.29, 1.82) is 0 Å². The van der Waals surface area contributed by atoms with Gasteiger partial charge < -0.3 is 21.7 Å². The third kappa shape index (κ3) is 7.65. The maximum atomic E-state index is 5.50.